The Bertz CT molecular complexity index is 689. The number of hydrogen-bond acceptors (Lipinski definition) is 5. The van der Waals surface area contributed by atoms with Crippen LogP contribution in [0.3, 0.4) is 0 Å². The summed E-state index contributed by atoms with van der Waals surface area (Å²) in [6.07, 6.45) is 1.65. The molecule has 0 spiro atoms. The van der Waals surface area contributed by atoms with Crippen LogP contribution in [0.25, 0.3) is 0 Å². The standard InChI is InChI=1S/C19H28N4O4/c1-19(2,3)27-18(25)21-15(17(24)23-10-4-5-11-23)12-13-6-8-14(9-7-13)16(20)22-26/h6-9,15,26H,4-5,10-12H2,1-3H3,(H2,20,22)(H,21,25)/t15-/m0/s1. The highest BCUT2D eigenvalue weighted by atomic mass is 16.6. The van der Waals surface area contributed by atoms with Crippen molar-refractivity contribution >= 4 is 17.8 Å². The Hall–Kier alpha value is -2.77. The molecule has 2 amide bonds. The van der Waals surface area contributed by atoms with E-state index in [0.717, 1.165) is 18.4 Å². The van der Waals surface area contributed by atoms with Crippen LogP contribution in [0.2, 0.25) is 0 Å². The van der Waals surface area contributed by atoms with Crippen molar-refractivity contribution in [2.75, 3.05) is 13.1 Å². The number of hydrogen-bond donors (Lipinski definition) is 3. The van der Waals surface area contributed by atoms with Gasteiger partial charge in [-0.2, -0.15) is 0 Å². The maximum Gasteiger partial charge on any atom is 0.408 e. The summed E-state index contributed by atoms with van der Waals surface area (Å²) in [5.74, 6) is -0.100. The molecule has 1 aliphatic rings. The molecule has 8 heteroatoms. The van der Waals surface area contributed by atoms with Gasteiger partial charge in [0.05, 0.1) is 0 Å². The van der Waals surface area contributed by atoms with Gasteiger partial charge in [0.1, 0.15) is 11.6 Å². The molecule has 27 heavy (non-hydrogen) atoms. The zero-order valence-corrected chi connectivity index (χ0v) is 16.1. The minimum absolute atomic E-state index is 0.0122. The molecule has 148 valence electrons. The summed E-state index contributed by atoms with van der Waals surface area (Å²) in [5, 5.41) is 14.4. The average Bonchev–Trinajstić information content (AvgIpc) is 3.13. The molecule has 1 atom stereocenters. The summed E-state index contributed by atoms with van der Waals surface area (Å²) >= 11 is 0. The van der Waals surface area contributed by atoms with Crippen molar-refractivity contribution in [1.82, 2.24) is 10.2 Å². The van der Waals surface area contributed by atoms with E-state index in [9.17, 15) is 9.59 Å². The molecule has 1 aromatic rings. The number of nitrogens with zero attached hydrogens (tertiary/aromatic N) is 2. The monoisotopic (exact) mass is 376 g/mol. The number of amides is 2. The van der Waals surface area contributed by atoms with Crippen LogP contribution in [0.4, 0.5) is 4.79 Å². The second kappa shape index (κ2) is 8.75. The van der Waals surface area contributed by atoms with Crippen molar-refractivity contribution in [2.45, 2.75) is 51.7 Å². The summed E-state index contributed by atoms with van der Waals surface area (Å²) in [7, 11) is 0. The molecule has 0 aromatic heterocycles. The van der Waals surface area contributed by atoms with Crippen LogP contribution in [0.1, 0.15) is 44.7 Å². The van der Waals surface area contributed by atoms with Gasteiger partial charge in [0.15, 0.2) is 5.84 Å². The van der Waals surface area contributed by atoms with Crippen LogP contribution >= 0.6 is 0 Å². The summed E-state index contributed by atoms with van der Waals surface area (Å²) in [6.45, 7) is 6.72. The number of oxime groups is 1. The highest BCUT2D eigenvalue weighted by molar-refractivity contribution is 5.97. The fourth-order valence-electron chi connectivity index (χ4n) is 2.91. The van der Waals surface area contributed by atoms with Gasteiger partial charge in [0.2, 0.25) is 5.91 Å². The zero-order chi connectivity index (χ0) is 20.0. The number of benzene rings is 1. The number of likely N-dealkylation sites (tertiary alicyclic amines) is 1. The van der Waals surface area contributed by atoms with Gasteiger partial charge in [-0.1, -0.05) is 29.4 Å². The Labute approximate surface area is 159 Å². The van der Waals surface area contributed by atoms with Gasteiger partial charge in [0.25, 0.3) is 0 Å². The molecular weight excluding hydrogens is 348 g/mol. The summed E-state index contributed by atoms with van der Waals surface area (Å²) < 4.78 is 5.30. The minimum Gasteiger partial charge on any atom is -0.444 e. The Morgan fingerprint density at radius 1 is 1.26 bits per heavy atom. The molecule has 0 aliphatic carbocycles. The second-order valence-corrected chi connectivity index (χ2v) is 7.62. The number of carbonyl (C=O) groups excluding carboxylic acids is 2. The first kappa shape index (κ1) is 20.5. The maximum absolute atomic E-state index is 12.9. The van der Waals surface area contributed by atoms with E-state index in [1.807, 2.05) is 0 Å². The number of nitrogens with one attached hydrogen (secondary N) is 1. The second-order valence-electron chi connectivity index (χ2n) is 7.62. The minimum atomic E-state index is -0.715. The first-order chi connectivity index (χ1) is 12.7. The van der Waals surface area contributed by atoms with Crippen molar-refractivity contribution in [1.29, 1.82) is 0 Å². The van der Waals surface area contributed by atoms with E-state index >= 15 is 0 Å². The Morgan fingerprint density at radius 3 is 2.37 bits per heavy atom. The fourth-order valence-corrected chi connectivity index (χ4v) is 2.91. The lowest BCUT2D eigenvalue weighted by molar-refractivity contribution is -0.132. The third-order valence-electron chi connectivity index (χ3n) is 4.20. The highest BCUT2D eigenvalue weighted by Gasteiger charge is 2.29. The number of rotatable bonds is 5. The number of amidine groups is 1. The van der Waals surface area contributed by atoms with E-state index < -0.39 is 17.7 Å². The number of ether oxygens (including phenoxy) is 1. The average molecular weight is 376 g/mol. The fraction of sp³-hybridized carbons (Fsp3) is 0.526. The van der Waals surface area contributed by atoms with E-state index in [4.69, 9.17) is 15.7 Å². The molecule has 1 fully saturated rings. The smallest absolute Gasteiger partial charge is 0.408 e. The molecule has 1 aliphatic heterocycles. The van der Waals surface area contributed by atoms with Crippen LogP contribution < -0.4 is 11.1 Å². The van der Waals surface area contributed by atoms with Gasteiger partial charge in [0, 0.05) is 25.1 Å². The van der Waals surface area contributed by atoms with Crippen molar-refractivity contribution in [2.24, 2.45) is 10.9 Å². The highest BCUT2D eigenvalue weighted by Crippen LogP contribution is 2.14. The van der Waals surface area contributed by atoms with Crippen molar-refractivity contribution in [3.05, 3.63) is 35.4 Å². The predicted molar refractivity (Wildman–Crippen MR) is 102 cm³/mol. The Morgan fingerprint density at radius 2 is 1.85 bits per heavy atom. The topological polar surface area (TPSA) is 117 Å². The maximum atomic E-state index is 12.9. The van der Waals surface area contributed by atoms with Crippen LogP contribution in [0.15, 0.2) is 29.4 Å². The van der Waals surface area contributed by atoms with Gasteiger partial charge in [-0.05, 0) is 39.2 Å². The molecule has 0 unspecified atom stereocenters. The lowest BCUT2D eigenvalue weighted by Crippen LogP contribution is -2.50. The largest absolute Gasteiger partial charge is 0.444 e. The number of nitrogens with two attached hydrogens (primary N) is 1. The molecule has 0 radical (unpaired) electrons. The third kappa shape index (κ3) is 6.16. The van der Waals surface area contributed by atoms with E-state index in [2.05, 4.69) is 10.5 Å². The van der Waals surface area contributed by atoms with Crippen LogP contribution in [0, 0.1) is 0 Å². The SMILES string of the molecule is CC(C)(C)OC(=O)N[C@@H](Cc1ccc(/C(N)=N/O)cc1)C(=O)N1CCCC1. The van der Waals surface area contributed by atoms with E-state index in [-0.39, 0.29) is 11.7 Å². The van der Waals surface area contributed by atoms with Crippen molar-refractivity contribution in [3.63, 3.8) is 0 Å². The molecular formula is C19H28N4O4. The number of carbonyl (C=O) groups is 2. The van der Waals surface area contributed by atoms with Crippen LogP contribution in [-0.2, 0) is 16.0 Å². The molecule has 2 rings (SSSR count). The van der Waals surface area contributed by atoms with Crippen LogP contribution in [-0.4, -0.2) is 52.7 Å². The summed E-state index contributed by atoms with van der Waals surface area (Å²) in [5.41, 5.74) is 6.34. The lowest BCUT2D eigenvalue weighted by atomic mass is 10.0. The normalized spacial score (nSPS) is 16.1. The molecule has 1 heterocycles. The van der Waals surface area contributed by atoms with E-state index in [1.54, 1.807) is 49.9 Å². The zero-order valence-electron chi connectivity index (χ0n) is 16.1. The first-order valence-corrected chi connectivity index (χ1v) is 9.05. The van der Waals surface area contributed by atoms with Crippen molar-refractivity contribution < 1.29 is 19.5 Å². The number of alkyl carbamates (subject to hydrolysis) is 1. The van der Waals surface area contributed by atoms with Gasteiger partial charge in [-0.25, -0.2) is 4.79 Å². The summed E-state index contributed by atoms with van der Waals surface area (Å²) in [4.78, 5) is 26.8. The Balaban J connectivity index is 2.13. The van der Waals surface area contributed by atoms with Gasteiger partial charge in [-0.15, -0.1) is 0 Å². The third-order valence-corrected chi connectivity index (χ3v) is 4.20. The Kier molecular flexibility index (Phi) is 6.65. The predicted octanol–water partition coefficient (Wildman–Crippen LogP) is 1.84. The quantitative estimate of drug-likeness (QED) is 0.314. The molecule has 0 bridgehead atoms. The molecule has 0 saturated carbocycles. The van der Waals surface area contributed by atoms with E-state index in [0.29, 0.717) is 25.1 Å². The molecule has 4 N–H and O–H groups in total. The van der Waals surface area contributed by atoms with Gasteiger partial charge < -0.3 is 25.9 Å². The molecule has 1 saturated heterocycles. The van der Waals surface area contributed by atoms with Gasteiger partial charge in [-0.3, -0.25) is 4.79 Å². The molecule has 8 nitrogen and oxygen atoms in total. The van der Waals surface area contributed by atoms with E-state index in [1.165, 1.54) is 0 Å². The summed E-state index contributed by atoms with van der Waals surface area (Å²) in [6, 6.07) is 6.26. The van der Waals surface area contributed by atoms with Crippen molar-refractivity contribution in [3.8, 4) is 0 Å². The van der Waals surface area contributed by atoms with Crippen LogP contribution in [0.5, 0.6) is 0 Å². The lowest BCUT2D eigenvalue weighted by Gasteiger charge is -2.26. The van der Waals surface area contributed by atoms with Gasteiger partial charge >= 0.3 is 6.09 Å². The molecule has 1 aromatic carbocycles. The first-order valence-electron chi connectivity index (χ1n) is 9.05.